The summed E-state index contributed by atoms with van der Waals surface area (Å²) in [6.45, 7) is 1.37. The number of pyridine rings is 3. The molecule has 0 radical (unpaired) electrons. The highest BCUT2D eigenvalue weighted by Gasteiger charge is 2.16. The number of H-pyrrole nitrogens is 2. The van der Waals surface area contributed by atoms with Crippen molar-refractivity contribution in [2.75, 3.05) is 27.2 Å². The first kappa shape index (κ1) is 23.6. The van der Waals surface area contributed by atoms with E-state index < -0.39 is 5.82 Å². The number of rotatable bonds is 7. The molecule has 6 aromatic rings. The van der Waals surface area contributed by atoms with E-state index in [0.29, 0.717) is 35.0 Å². The molecule has 0 aliphatic carbocycles. The third kappa shape index (κ3) is 4.53. The van der Waals surface area contributed by atoms with Gasteiger partial charge in [0.25, 0.3) is 0 Å². The number of nitrogens with zero attached hydrogens (tertiary/aromatic N) is 5. The number of phenols is 1. The Bertz CT molecular complexity index is 1760. The number of benzene rings is 1. The maximum absolute atomic E-state index is 14.0. The molecule has 0 aliphatic heterocycles. The Morgan fingerprint density at radius 3 is 2.63 bits per heavy atom. The Kier molecular flexibility index (Phi) is 5.93. The number of hydrogen-bond acceptors (Lipinski definition) is 7. The molecule has 3 N–H and O–H groups in total. The van der Waals surface area contributed by atoms with Crippen molar-refractivity contribution in [3.63, 3.8) is 0 Å². The lowest BCUT2D eigenvalue weighted by Gasteiger charge is -2.11. The third-order valence-electron chi connectivity index (χ3n) is 6.23. The van der Waals surface area contributed by atoms with Crippen LogP contribution in [0.1, 0.15) is 0 Å². The van der Waals surface area contributed by atoms with Crippen LogP contribution in [0, 0.1) is 5.82 Å². The van der Waals surface area contributed by atoms with E-state index in [2.05, 4.69) is 35.0 Å². The number of likely N-dealkylation sites (N-methyl/N-ethyl adjacent to an activating group) is 1. The Morgan fingerprint density at radius 1 is 0.921 bits per heavy atom. The quantitative estimate of drug-likeness (QED) is 0.277. The van der Waals surface area contributed by atoms with Gasteiger partial charge in [0.05, 0.1) is 17.6 Å². The van der Waals surface area contributed by atoms with Crippen molar-refractivity contribution in [1.29, 1.82) is 0 Å². The molecule has 190 valence electrons. The molecule has 5 heterocycles. The van der Waals surface area contributed by atoms with E-state index in [1.807, 2.05) is 38.4 Å². The van der Waals surface area contributed by atoms with Crippen LogP contribution in [0.3, 0.4) is 0 Å². The first-order chi connectivity index (χ1) is 18.4. The van der Waals surface area contributed by atoms with E-state index in [9.17, 15) is 9.50 Å². The first-order valence-electron chi connectivity index (χ1n) is 12.0. The molecule has 0 unspecified atom stereocenters. The molecule has 0 atom stereocenters. The minimum absolute atomic E-state index is 0.159. The Hall–Kier alpha value is -4.83. The second kappa shape index (κ2) is 9.56. The normalized spacial score (nSPS) is 11.6. The van der Waals surface area contributed by atoms with Crippen LogP contribution < -0.4 is 4.74 Å². The summed E-state index contributed by atoms with van der Waals surface area (Å²) >= 11 is 0. The van der Waals surface area contributed by atoms with E-state index in [1.54, 1.807) is 24.8 Å². The topological polar surface area (TPSA) is 116 Å². The average Bonchev–Trinajstić information content (AvgIpc) is 3.51. The fraction of sp³-hybridized carbons (Fsp3) is 0.143. The lowest BCUT2D eigenvalue weighted by molar-refractivity contribution is 0.261. The van der Waals surface area contributed by atoms with E-state index in [1.165, 1.54) is 12.1 Å². The predicted molar refractivity (Wildman–Crippen MR) is 143 cm³/mol. The van der Waals surface area contributed by atoms with Crippen molar-refractivity contribution in [1.82, 2.24) is 35.0 Å². The molecule has 0 bridgehead atoms. The van der Waals surface area contributed by atoms with Crippen molar-refractivity contribution < 1.29 is 14.2 Å². The fourth-order valence-corrected chi connectivity index (χ4v) is 4.39. The standard InChI is InChI=1S/C28H24FN7O2/c1-36(2)5-6-38-21-9-17(13-30-15-21)18-10-23-27(34-35-28(23)32-14-18)25-12-22-24(33-25)3-4-31-26(22)16-7-19(29)11-20(37)8-16/h3-4,7-15,33,37H,5-6H2,1-2H3,(H,32,34,35). The molecule has 0 saturated carbocycles. The summed E-state index contributed by atoms with van der Waals surface area (Å²) in [5.41, 5.74) is 5.67. The molecule has 38 heavy (non-hydrogen) atoms. The van der Waals surface area contributed by atoms with Crippen LogP contribution in [0.2, 0.25) is 0 Å². The van der Waals surface area contributed by atoms with Gasteiger partial charge in [0, 0.05) is 64.2 Å². The van der Waals surface area contributed by atoms with Crippen LogP contribution in [0.25, 0.3) is 55.7 Å². The zero-order valence-electron chi connectivity index (χ0n) is 20.7. The molecular formula is C28H24FN7O2. The zero-order chi connectivity index (χ0) is 26.2. The van der Waals surface area contributed by atoms with E-state index >= 15 is 0 Å². The lowest BCUT2D eigenvalue weighted by Crippen LogP contribution is -2.19. The third-order valence-corrected chi connectivity index (χ3v) is 6.23. The van der Waals surface area contributed by atoms with Gasteiger partial charge >= 0.3 is 0 Å². The van der Waals surface area contributed by atoms with Crippen LogP contribution in [-0.2, 0) is 0 Å². The molecule has 10 heteroatoms. The smallest absolute Gasteiger partial charge is 0.155 e. The van der Waals surface area contributed by atoms with Crippen LogP contribution >= 0.6 is 0 Å². The molecule has 9 nitrogen and oxygen atoms in total. The highest BCUT2D eigenvalue weighted by atomic mass is 19.1. The largest absolute Gasteiger partial charge is 0.508 e. The summed E-state index contributed by atoms with van der Waals surface area (Å²) in [4.78, 5) is 18.8. The molecule has 0 aliphatic rings. The number of aromatic nitrogens is 6. The number of halogens is 1. The monoisotopic (exact) mass is 509 g/mol. The van der Waals surface area contributed by atoms with Gasteiger partial charge in [-0.3, -0.25) is 15.1 Å². The van der Waals surface area contributed by atoms with Crippen molar-refractivity contribution >= 4 is 21.9 Å². The maximum atomic E-state index is 14.0. The minimum Gasteiger partial charge on any atom is -0.508 e. The summed E-state index contributed by atoms with van der Waals surface area (Å²) in [5, 5.41) is 19.0. The van der Waals surface area contributed by atoms with Gasteiger partial charge in [-0.25, -0.2) is 9.37 Å². The number of phenolic OH excluding ortho intramolecular Hbond substituents is 1. The first-order valence-corrected chi connectivity index (χ1v) is 12.0. The number of aromatic hydroxyl groups is 1. The molecule has 1 aromatic carbocycles. The zero-order valence-corrected chi connectivity index (χ0v) is 20.7. The molecule has 0 saturated heterocycles. The second-order valence-corrected chi connectivity index (χ2v) is 9.26. The maximum Gasteiger partial charge on any atom is 0.155 e. The number of ether oxygens (including phenoxy) is 1. The number of fused-ring (bicyclic) bond motifs is 2. The van der Waals surface area contributed by atoms with Crippen molar-refractivity contribution in [3.8, 4) is 45.3 Å². The van der Waals surface area contributed by atoms with Crippen LogP contribution in [-0.4, -0.2) is 67.4 Å². The molecule has 5 aromatic heterocycles. The van der Waals surface area contributed by atoms with Gasteiger partial charge in [-0.1, -0.05) is 0 Å². The van der Waals surface area contributed by atoms with E-state index in [-0.39, 0.29) is 5.75 Å². The van der Waals surface area contributed by atoms with E-state index in [0.717, 1.165) is 45.7 Å². The fourth-order valence-electron chi connectivity index (χ4n) is 4.39. The average molecular weight is 510 g/mol. The highest BCUT2D eigenvalue weighted by Crippen LogP contribution is 2.35. The Labute approximate surface area is 217 Å². The highest BCUT2D eigenvalue weighted by molar-refractivity contribution is 6.00. The summed E-state index contributed by atoms with van der Waals surface area (Å²) in [5.74, 6) is -0.00265. The van der Waals surface area contributed by atoms with Gasteiger partial charge in [-0.2, -0.15) is 5.10 Å². The second-order valence-electron chi connectivity index (χ2n) is 9.26. The molecule has 0 amide bonds. The molecule has 0 spiro atoms. The predicted octanol–water partition coefficient (Wildman–Crippen LogP) is 5.02. The molecule has 0 fully saturated rings. The van der Waals surface area contributed by atoms with Gasteiger partial charge < -0.3 is 19.7 Å². The van der Waals surface area contributed by atoms with E-state index in [4.69, 9.17) is 4.74 Å². The van der Waals surface area contributed by atoms with Gasteiger partial charge in [-0.15, -0.1) is 0 Å². The lowest BCUT2D eigenvalue weighted by atomic mass is 10.1. The summed E-state index contributed by atoms with van der Waals surface area (Å²) < 4.78 is 19.8. The molecular weight excluding hydrogens is 485 g/mol. The van der Waals surface area contributed by atoms with Gasteiger partial charge in [0.2, 0.25) is 0 Å². The number of nitrogens with one attached hydrogen (secondary N) is 2. The van der Waals surface area contributed by atoms with Crippen molar-refractivity contribution in [2.45, 2.75) is 0 Å². The van der Waals surface area contributed by atoms with Crippen molar-refractivity contribution in [2.24, 2.45) is 0 Å². The SMILES string of the molecule is CN(C)CCOc1cncc(-c2cnc3[nH]nc(-c4cc5c(-c6cc(O)cc(F)c6)nccc5[nH]4)c3c2)c1. The van der Waals surface area contributed by atoms with Crippen molar-refractivity contribution in [3.05, 3.63) is 73.1 Å². The minimum atomic E-state index is -0.534. The Morgan fingerprint density at radius 2 is 1.79 bits per heavy atom. The van der Waals surface area contributed by atoms with Crippen LogP contribution in [0.4, 0.5) is 4.39 Å². The van der Waals surface area contributed by atoms with Crippen LogP contribution in [0.5, 0.6) is 11.5 Å². The van der Waals surface area contributed by atoms with Gasteiger partial charge in [0.15, 0.2) is 5.65 Å². The number of aromatic amines is 2. The van der Waals surface area contributed by atoms with Crippen LogP contribution in [0.15, 0.2) is 67.3 Å². The summed E-state index contributed by atoms with van der Waals surface area (Å²) in [6.07, 6.45) is 6.89. The molecule has 6 rings (SSSR count). The summed E-state index contributed by atoms with van der Waals surface area (Å²) in [6, 6.07) is 11.6. The number of hydrogen-bond donors (Lipinski definition) is 3. The summed E-state index contributed by atoms with van der Waals surface area (Å²) in [7, 11) is 4.00. The van der Waals surface area contributed by atoms with Gasteiger partial charge in [-0.05, 0) is 50.5 Å². The Balaban J connectivity index is 1.38. The van der Waals surface area contributed by atoms with Gasteiger partial charge in [0.1, 0.15) is 29.6 Å².